The van der Waals surface area contributed by atoms with Crippen molar-refractivity contribution in [2.45, 2.75) is 24.4 Å². The number of hydrogen-bond acceptors (Lipinski definition) is 11. The van der Waals surface area contributed by atoms with E-state index < -0.39 is 24.4 Å². The zero-order chi connectivity index (χ0) is 29.1. The van der Waals surface area contributed by atoms with Gasteiger partial charge < -0.3 is 53.6 Å². The third-order valence-corrected chi connectivity index (χ3v) is 6.88. The van der Waals surface area contributed by atoms with Crippen molar-refractivity contribution in [3.63, 3.8) is 0 Å². The molecule has 2 aliphatic heterocycles. The normalized spacial score (nSPS) is 21.0. The minimum absolute atomic E-state index is 0.0331. The average Bonchev–Trinajstić information content (AvgIpc) is 3.01. The van der Waals surface area contributed by atoms with Crippen LogP contribution in [0.5, 0.6) is 46.0 Å². The van der Waals surface area contributed by atoms with Crippen molar-refractivity contribution in [2.24, 2.45) is 0 Å². The third-order valence-electron chi connectivity index (χ3n) is 6.88. The molecule has 0 spiro atoms. The monoisotopic (exact) mass is 568 g/mol. The second-order valence-electron chi connectivity index (χ2n) is 9.37. The molecule has 2 heterocycles. The van der Waals surface area contributed by atoms with Crippen LogP contribution < -0.4 is 33.2 Å². The van der Waals surface area contributed by atoms with Crippen LogP contribution in [0.25, 0.3) is 6.08 Å². The number of aliphatic hydroxyl groups is 3. The molecule has 41 heavy (non-hydrogen) atoms. The first-order valence-electron chi connectivity index (χ1n) is 12.9. The van der Waals surface area contributed by atoms with E-state index in [1.807, 2.05) is 0 Å². The number of phenols is 1. The highest BCUT2D eigenvalue weighted by atomic mass is 16.6. The molecule has 3 aromatic carbocycles. The molecule has 0 bridgehead atoms. The lowest BCUT2D eigenvalue weighted by Gasteiger charge is -2.37. The number of benzene rings is 3. The molecule has 4 unspecified atom stereocenters. The number of aliphatic hydroxyl groups excluding tert-OH is 3. The summed E-state index contributed by atoms with van der Waals surface area (Å²) in [6.07, 6.45) is 0.211. The van der Waals surface area contributed by atoms with Crippen molar-refractivity contribution in [1.29, 1.82) is 0 Å². The number of methoxy groups -OCH3 is 3. The lowest BCUT2D eigenvalue weighted by molar-refractivity contribution is -0.0194. The van der Waals surface area contributed by atoms with Gasteiger partial charge in [0.1, 0.15) is 0 Å². The van der Waals surface area contributed by atoms with Crippen molar-refractivity contribution in [2.75, 3.05) is 41.2 Å². The summed E-state index contributed by atoms with van der Waals surface area (Å²) < 4.78 is 41.4. The van der Waals surface area contributed by atoms with Gasteiger partial charge in [-0.25, -0.2) is 0 Å². The van der Waals surface area contributed by atoms with Gasteiger partial charge in [0.2, 0.25) is 11.5 Å². The molecule has 0 saturated heterocycles. The van der Waals surface area contributed by atoms with Crippen molar-refractivity contribution in [1.82, 2.24) is 0 Å². The predicted octanol–water partition coefficient (Wildman–Crippen LogP) is 3.17. The van der Waals surface area contributed by atoms with E-state index in [2.05, 4.69) is 0 Å². The molecule has 5 rings (SSSR count). The number of aromatic hydroxyl groups is 1. The highest BCUT2D eigenvalue weighted by molar-refractivity contribution is 5.63. The van der Waals surface area contributed by atoms with Crippen LogP contribution in [0.3, 0.4) is 0 Å². The van der Waals surface area contributed by atoms with Crippen LogP contribution >= 0.6 is 0 Å². The quantitative estimate of drug-likeness (QED) is 0.302. The van der Waals surface area contributed by atoms with Crippen LogP contribution in [0.1, 0.15) is 28.9 Å². The fraction of sp³-hybridized carbons (Fsp3) is 0.333. The van der Waals surface area contributed by atoms with Crippen LogP contribution in [-0.2, 0) is 0 Å². The average molecular weight is 569 g/mol. The fourth-order valence-electron chi connectivity index (χ4n) is 4.91. The Labute approximate surface area is 236 Å². The molecule has 2 aliphatic rings. The van der Waals surface area contributed by atoms with E-state index in [4.69, 9.17) is 33.2 Å². The maximum absolute atomic E-state index is 10.2. The van der Waals surface area contributed by atoms with Gasteiger partial charge in [0.05, 0.1) is 41.2 Å². The highest BCUT2D eigenvalue weighted by Gasteiger charge is 2.39. The van der Waals surface area contributed by atoms with Gasteiger partial charge in [0.25, 0.3) is 0 Å². The maximum Gasteiger partial charge on any atom is 0.204 e. The van der Waals surface area contributed by atoms with E-state index in [0.29, 0.717) is 45.6 Å². The second-order valence-corrected chi connectivity index (χ2v) is 9.37. The van der Waals surface area contributed by atoms with Gasteiger partial charge in [0, 0.05) is 11.1 Å². The zero-order valence-electron chi connectivity index (χ0n) is 22.8. The molecule has 0 saturated carbocycles. The number of phenolic OH excluding ortho intramolecular Hbond substituents is 1. The summed E-state index contributed by atoms with van der Waals surface area (Å²) in [5.41, 5.74) is 1.92. The second kappa shape index (κ2) is 12.0. The van der Waals surface area contributed by atoms with Crippen LogP contribution in [0, 0.1) is 0 Å². The van der Waals surface area contributed by atoms with E-state index in [1.54, 1.807) is 48.6 Å². The Balaban J connectivity index is 1.54. The maximum atomic E-state index is 10.2. The van der Waals surface area contributed by atoms with Crippen LogP contribution in [-0.4, -0.2) is 73.8 Å². The van der Waals surface area contributed by atoms with E-state index in [1.165, 1.54) is 27.4 Å². The van der Waals surface area contributed by atoms with Crippen LogP contribution in [0.15, 0.2) is 48.5 Å². The zero-order valence-corrected chi connectivity index (χ0v) is 22.8. The molecule has 11 nitrogen and oxygen atoms in total. The summed E-state index contributed by atoms with van der Waals surface area (Å²) in [4.78, 5) is 0. The van der Waals surface area contributed by atoms with E-state index >= 15 is 0 Å². The number of fused-ring (bicyclic) bond motifs is 2. The summed E-state index contributed by atoms with van der Waals surface area (Å²) in [6, 6.07) is 11.7. The Morgan fingerprint density at radius 3 is 1.83 bits per heavy atom. The van der Waals surface area contributed by atoms with Gasteiger partial charge in [-0.05, 0) is 42.0 Å². The SMILES string of the molecule is COc1cc(C2Oc3cc(C4Oc5cc(/C=C/CO)cc(OC)c5OC4CO)cc(OC)c3OC2CO)ccc1O. The van der Waals surface area contributed by atoms with Crippen LogP contribution in [0.4, 0.5) is 0 Å². The first kappa shape index (κ1) is 28.2. The van der Waals surface area contributed by atoms with Crippen molar-refractivity contribution >= 4 is 6.08 Å². The molecule has 0 fully saturated rings. The van der Waals surface area contributed by atoms with Crippen LogP contribution in [0.2, 0.25) is 0 Å². The van der Waals surface area contributed by atoms with Gasteiger partial charge in [-0.15, -0.1) is 0 Å². The van der Waals surface area contributed by atoms with E-state index in [9.17, 15) is 20.4 Å². The number of rotatable bonds is 9. The molecule has 0 aromatic heterocycles. The molecular weight excluding hydrogens is 536 g/mol. The summed E-state index contributed by atoms with van der Waals surface area (Å²) >= 11 is 0. The van der Waals surface area contributed by atoms with E-state index in [-0.39, 0.29) is 31.3 Å². The minimum Gasteiger partial charge on any atom is -0.504 e. The lowest BCUT2D eigenvalue weighted by atomic mass is 9.99. The van der Waals surface area contributed by atoms with Gasteiger partial charge in [-0.1, -0.05) is 18.2 Å². The Morgan fingerprint density at radius 1 is 0.683 bits per heavy atom. The van der Waals surface area contributed by atoms with Gasteiger partial charge >= 0.3 is 0 Å². The molecule has 0 amide bonds. The Bertz CT molecular complexity index is 1420. The summed E-state index contributed by atoms with van der Waals surface area (Å²) in [6.45, 7) is -0.841. The molecule has 0 aliphatic carbocycles. The standard InChI is InChI=1S/C30H32O11/c1-35-20-11-17(6-7-19(20)34)27-25(14-32)40-30-22(37-3)12-18(13-24(30)39-27)28-26(15-33)41-29-21(36-2)9-16(5-4-8-31)10-23(29)38-28/h4-7,9-13,25-28,31-34H,8,14-15H2,1-3H3/b5-4+. The number of ether oxygens (including phenoxy) is 7. The Hall–Kier alpha value is -4.32. The van der Waals surface area contributed by atoms with Crippen molar-refractivity contribution in [3.8, 4) is 46.0 Å². The first-order valence-corrected chi connectivity index (χ1v) is 12.9. The minimum atomic E-state index is -0.801. The molecule has 4 N–H and O–H groups in total. The number of hydrogen-bond donors (Lipinski definition) is 4. The molecule has 0 radical (unpaired) electrons. The largest absolute Gasteiger partial charge is 0.504 e. The Kier molecular flexibility index (Phi) is 8.29. The van der Waals surface area contributed by atoms with Gasteiger partial charge in [0.15, 0.2) is 58.9 Å². The molecule has 3 aromatic rings. The fourth-order valence-corrected chi connectivity index (χ4v) is 4.91. The Morgan fingerprint density at radius 2 is 1.24 bits per heavy atom. The molecular formula is C30H32O11. The third kappa shape index (κ3) is 5.39. The van der Waals surface area contributed by atoms with Crippen molar-refractivity contribution in [3.05, 3.63) is 65.2 Å². The molecule has 11 heteroatoms. The summed E-state index contributed by atoms with van der Waals surface area (Å²) in [7, 11) is 4.43. The van der Waals surface area contributed by atoms with Gasteiger partial charge in [-0.3, -0.25) is 0 Å². The topological polar surface area (TPSA) is 146 Å². The predicted molar refractivity (Wildman–Crippen MR) is 147 cm³/mol. The summed E-state index contributed by atoms with van der Waals surface area (Å²) in [5, 5.41) is 39.6. The van der Waals surface area contributed by atoms with Gasteiger partial charge in [-0.2, -0.15) is 0 Å². The van der Waals surface area contributed by atoms with Crippen molar-refractivity contribution < 1.29 is 53.6 Å². The molecule has 4 atom stereocenters. The highest BCUT2D eigenvalue weighted by Crippen LogP contribution is 2.51. The molecule has 218 valence electrons. The lowest BCUT2D eigenvalue weighted by Crippen LogP contribution is -2.37. The summed E-state index contributed by atoms with van der Waals surface area (Å²) in [5.74, 6) is 2.33. The first-order chi connectivity index (χ1) is 19.9. The van der Waals surface area contributed by atoms with E-state index in [0.717, 1.165) is 5.56 Å². The smallest absolute Gasteiger partial charge is 0.204 e.